The summed E-state index contributed by atoms with van der Waals surface area (Å²) in [5.41, 5.74) is 0.289. The first-order valence-electron chi connectivity index (χ1n) is 4.92. The molecular formula is C9H14N2O5S. The third-order valence-corrected chi connectivity index (χ3v) is 3.31. The summed E-state index contributed by atoms with van der Waals surface area (Å²) in [5, 5.41) is 12.1. The van der Waals surface area contributed by atoms with Crippen molar-refractivity contribution in [2.45, 2.75) is 32.1 Å². The van der Waals surface area contributed by atoms with Crippen molar-refractivity contribution in [3.8, 4) is 0 Å². The van der Waals surface area contributed by atoms with Crippen molar-refractivity contribution in [2.24, 2.45) is 0 Å². The van der Waals surface area contributed by atoms with E-state index in [1.54, 1.807) is 6.92 Å². The van der Waals surface area contributed by atoms with Crippen molar-refractivity contribution in [2.75, 3.05) is 0 Å². The van der Waals surface area contributed by atoms with E-state index in [-0.39, 0.29) is 17.9 Å². The molecule has 0 fully saturated rings. The highest BCUT2D eigenvalue weighted by molar-refractivity contribution is 7.88. The molecular weight excluding hydrogens is 248 g/mol. The average Bonchev–Trinajstić information content (AvgIpc) is 2.46. The van der Waals surface area contributed by atoms with Gasteiger partial charge >= 0.3 is 5.97 Å². The highest BCUT2D eigenvalue weighted by Gasteiger charge is 2.18. The maximum atomic E-state index is 11.6. The fourth-order valence-corrected chi connectivity index (χ4v) is 2.64. The van der Waals surface area contributed by atoms with Crippen LogP contribution in [0, 0.1) is 6.92 Å². The molecule has 0 aliphatic rings. The fourth-order valence-electron chi connectivity index (χ4n) is 1.33. The Morgan fingerprint density at radius 1 is 1.65 bits per heavy atom. The number of carboxylic acids is 1. The van der Waals surface area contributed by atoms with E-state index in [1.165, 1.54) is 13.0 Å². The first-order chi connectivity index (χ1) is 7.78. The number of carbonyl (C=O) groups is 1. The largest absolute Gasteiger partial charge is 0.481 e. The number of carboxylic acid groups (broad SMARTS) is 1. The molecule has 0 aliphatic heterocycles. The second-order valence-corrected chi connectivity index (χ2v) is 5.56. The molecule has 96 valence electrons. The molecule has 1 rings (SSSR count). The lowest BCUT2D eigenvalue weighted by Crippen LogP contribution is -2.35. The predicted octanol–water partition coefficient (Wildman–Crippen LogP) is 0.266. The van der Waals surface area contributed by atoms with Gasteiger partial charge in [0.25, 0.3) is 0 Å². The number of hydrogen-bond donors (Lipinski definition) is 2. The third-order valence-electron chi connectivity index (χ3n) is 1.88. The van der Waals surface area contributed by atoms with Crippen molar-refractivity contribution < 1.29 is 22.8 Å². The van der Waals surface area contributed by atoms with Crippen molar-refractivity contribution in [3.63, 3.8) is 0 Å². The molecule has 0 spiro atoms. The standard InChI is InChI=1S/C9H14N2O5S/c1-6(3-9(12)13)11-17(14,15)5-8-4-7(2)16-10-8/h4,6,11H,3,5H2,1-2H3,(H,12,13). The first-order valence-corrected chi connectivity index (χ1v) is 6.58. The summed E-state index contributed by atoms with van der Waals surface area (Å²) < 4.78 is 30.2. The summed E-state index contributed by atoms with van der Waals surface area (Å²) in [6.07, 6.45) is -0.267. The van der Waals surface area contributed by atoms with Crippen LogP contribution in [0.15, 0.2) is 10.6 Å². The van der Waals surface area contributed by atoms with Crippen molar-refractivity contribution >= 4 is 16.0 Å². The van der Waals surface area contributed by atoms with Crippen LogP contribution in [0.4, 0.5) is 0 Å². The zero-order chi connectivity index (χ0) is 13.1. The van der Waals surface area contributed by atoms with Crippen LogP contribution < -0.4 is 4.72 Å². The van der Waals surface area contributed by atoms with Gasteiger partial charge in [-0.3, -0.25) is 4.79 Å². The van der Waals surface area contributed by atoms with Gasteiger partial charge in [-0.1, -0.05) is 5.16 Å². The SMILES string of the molecule is Cc1cc(CS(=O)(=O)NC(C)CC(=O)O)no1. The number of sulfonamides is 1. The number of nitrogens with one attached hydrogen (secondary N) is 1. The van der Waals surface area contributed by atoms with E-state index in [1.807, 2.05) is 0 Å². The minimum Gasteiger partial charge on any atom is -0.481 e. The van der Waals surface area contributed by atoms with E-state index in [0.29, 0.717) is 5.76 Å². The van der Waals surface area contributed by atoms with Crippen LogP contribution in [0.25, 0.3) is 0 Å². The van der Waals surface area contributed by atoms with Crippen molar-refractivity contribution in [1.29, 1.82) is 0 Å². The minimum atomic E-state index is -3.60. The van der Waals surface area contributed by atoms with E-state index >= 15 is 0 Å². The van der Waals surface area contributed by atoms with Crippen LogP contribution in [0.3, 0.4) is 0 Å². The minimum absolute atomic E-state index is 0.267. The van der Waals surface area contributed by atoms with Gasteiger partial charge in [0, 0.05) is 12.1 Å². The highest BCUT2D eigenvalue weighted by Crippen LogP contribution is 2.06. The van der Waals surface area contributed by atoms with Gasteiger partial charge in [-0.15, -0.1) is 0 Å². The summed E-state index contributed by atoms with van der Waals surface area (Å²) >= 11 is 0. The summed E-state index contributed by atoms with van der Waals surface area (Å²) in [4.78, 5) is 10.4. The molecule has 1 unspecified atom stereocenters. The Labute approximate surface area is 98.9 Å². The molecule has 1 aromatic heterocycles. The molecule has 2 N–H and O–H groups in total. The normalized spacial score (nSPS) is 13.5. The summed E-state index contributed by atoms with van der Waals surface area (Å²) in [7, 11) is -3.60. The van der Waals surface area contributed by atoms with E-state index in [9.17, 15) is 13.2 Å². The lowest BCUT2D eigenvalue weighted by Gasteiger charge is -2.10. The molecule has 0 aliphatic carbocycles. The third kappa shape index (κ3) is 4.96. The maximum Gasteiger partial charge on any atom is 0.304 e. The van der Waals surface area contributed by atoms with Crippen molar-refractivity contribution in [1.82, 2.24) is 9.88 Å². The van der Waals surface area contributed by atoms with Crippen LogP contribution in [0.1, 0.15) is 24.8 Å². The number of aryl methyl sites for hydroxylation is 1. The van der Waals surface area contributed by atoms with Gasteiger partial charge in [-0.2, -0.15) is 0 Å². The van der Waals surface area contributed by atoms with E-state index in [2.05, 4.69) is 9.88 Å². The molecule has 8 heteroatoms. The average molecular weight is 262 g/mol. The molecule has 1 heterocycles. The lowest BCUT2D eigenvalue weighted by atomic mass is 10.3. The van der Waals surface area contributed by atoms with E-state index in [4.69, 9.17) is 9.63 Å². The van der Waals surface area contributed by atoms with Gasteiger partial charge in [-0.25, -0.2) is 13.1 Å². The molecule has 7 nitrogen and oxygen atoms in total. The monoisotopic (exact) mass is 262 g/mol. The van der Waals surface area contributed by atoms with Crippen LogP contribution >= 0.6 is 0 Å². The molecule has 0 bridgehead atoms. The van der Waals surface area contributed by atoms with Crippen LogP contribution in [0.2, 0.25) is 0 Å². The maximum absolute atomic E-state index is 11.6. The van der Waals surface area contributed by atoms with E-state index < -0.39 is 22.0 Å². The Morgan fingerprint density at radius 2 is 2.29 bits per heavy atom. The molecule has 0 saturated carbocycles. The number of hydrogen-bond acceptors (Lipinski definition) is 5. The number of nitrogens with zero attached hydrogens (tertiary/aromatic N) is 1. The Kier molecular flexibility index (Phi) is 4.24. The molecule has 0 amide bonds. The topological polar surface area (TPSA) is 110 Å². The molecule has 1 atom stereocenters. The number of aliphatic carboxylic acids is 1. The van der Waals surface area contributed by atoms with Crippen LogP contribution in [0.5, 0.6) is 0 Å². The Bertz CT molecular complexity index is 493. The van der Waals surface area contributed by atoms with Gasteiger partial charge in [0.05, 0.1) is 6.42 Å². The van der Waals surface area contributed by atoms with Gasteiger partial charge in [0.1, 0.15) is 17.2 Å². The van der Waals surface area contributed by atoms with Gasteiger partial charge in [0.2, 0.25) is 10.0 Å². The van der Waals surface area contributed by atoms with Gasteiger partial charge in [-0.05, 0) is 13.8 Å². The summed E-state index contributed by atoms with van der Waals surface area (Å²) in [6, 6.07) is 0.853. The fraction of sp³-hybridized carbons (Fsp3) is 0.556. The Balaban J connectivity index is 2.60. The van der Waals surface area contributed by atoms with Gasteiger partial charge in [0.15, 0.2) is 0 Å². The second-order valence-electron chi connectivity index (χ2n) is 3.80. The smallest absolute Gasteiger partial charge is 0.304 e. The zero-order valence-corrected chi connectivity index (χ0v) is 10.3. The second kappa shape index (κ2) is 5.28. The Morgan fingerprint density at radius 3 is 2.76 bits per heavy atom. The molecule has 1 aromatic rings. The molecule has 0 saturated heterocycles. The predicted molar refractivity (Wildman–Crippen MR) is 58.7 cm³/mol. The Hall–Kier alpha value is -1.41. The summed E-state index contributed by atoms with van der Waals surface area (Å²) in [5.74, 6) is -0.861. The quantitative estimate of drug-likeness (QED) is 0.761. The molecule has 0 aromatic carbocycles. The summed E-state index contributed by atoms with van der Waals surface area (Å²) in [6.45, 7) is 3.14. The van der Waals surface area contributed by atoms with Gasteiger partial charge < -0.3 is 9.63 Å². The lowest BCUT2D eigenvalue weighted by molar-refractivity contribution is -0.137. The van der Waals surface area contributed by atoms with Crippen LogP contribution in [-0.2, 0) is 20.6 Å². The van der Waals surface area contributed by atoms with Crippen molar-refractivity contribution in [3.05, 3.63) is 17.5 Å². The zero-order valence-electron chi connectivity index (χ0n) is 9.50. The number of rotatable bonds is 6. The number of aromatic nitrogens is 1. The van der Waals surface area contributed by atoms with E-state index in [0.717, 1.165) is 0 Å². The highest BCUT2D eigenvalue weighted by atomic mass is 32.2. The van der Waals surface area contributed by atoms with Crippen LogP contribution in [-0.4, -0.2) is 30.7 Å². The molecule has 0 radical (unpaired) electrons. The molecule has 17 heavy (non-hydrogen) atoms. The first kappa shape index (κ1) is 13.7.